The fourth-order valence-corrected chi connectivity index (χ4v) is 2.64. The summed E-state index contributed by atoms with van der Waals surface area (Å²) >= 11 is 0. The molecular weight excluding hydrogens is 260 g/mol. The number of hydrogen-bond acceptors (Lipinski definition) is 3. The third-order valence-corrected chi connectivity index (χ3v) is 3.62. The van der Waals surface area contributed by atoms with Gasteiger partial charge in [-0.1, -0.05) is 6.92 Å². The summed E-state index contributed by atoms with van der Waals surface area (Å²) in [6.07, 6.45) is 3.69. The minimum atomic E-state index is -0.930. The van der Waals surface area contributed by atoms with E-state index in [1.807, 2.05) is 6.92 Å². The lowest BCUT2D eigenvalue weighted by Crippen LogP contribution is -2.55. The molecule has 0 spiro atoms. The van der Waals surface area contributed by atoms with E-state index in [1.165, 1.54) is 0 Å². The summed E-state index contributed by atoms with van der Waals surface area (Å²) in [5, 5.41) is 11.9. The molecule has 20 heavy (non-hydrogen) atoms. The number of rotatable bonds is 5. The molecule has 1 atom stereocenters. The van der Waals surface area contributed by atoms with Crippen molar-refractivity contribution in [3.8, 4) is 0 Å². The smallest absolute Gasteiger partial charge is 0.305 e. The molecule has 0 aliphatic carbocycles. The zero-order valence-corrected chi connectivity index (χ0v) is 11.6. The molecule has 1 aliphatic heterocycles. The van der Waals surface area contributed by atoms with Crippen LogP contribution in [0.3, 0.4) is 0 Å². The number of aryl methyl sites for hydroxylation is 1. The molecule has 1 saturated heterocycles. The highest BCUT2D eigenvalue weighted by atomic mass is 16.5. The van der Waals surface area contributed by atoms with Crippen LogP contribution in [0.15, 0.2) is 12.3 Å². The molecule has 6 heteroatoms. The zero-order valence-electron chi connectivity index (χ0n) is 11.6. The summed E-state index contributed by atoms with van der Waals surface area (Å²) in [6, 6.07) is 1.71. The van der Waals surface area contributed by atoms with Gasteiger partial charge in [-0.05, 0) is 25.3 Å². The molecule has 2 heterocycles. The van der Waals surface area contributed by atoms with Gasteiger partial charge in [-0.25, -0.2) is 0 Å². The maximum atomic E-state index is 12.4. The van der Waals surface area contributed by atoms with E-state index in [-0.39, 0.29) is 18.9 Å². The standard InChI is InChI=1S/C14H20N2O4/c1-2-11-10(4-6-15-11)13(19)16-14(8-12(17)18)5-3-7-20-9-14/h4,6,15H,2-3,5,7-9H2,1H3,(H,16,19)(H,17,18). The summed E-state index contributed by atoms with van der Waals surface area (Å²) in [6.45, 7) is 2.82. The van der Waals surface area contributed by atoms with Gasteiger partial charge in [0.1, 0.15) is 0 Å². The molecule has 0 radical (unpaired) electrons. The van der Waals surface area contributed by atoms with Crippen LogP contribution in [-0.2, 0) is 16.0 Å². The van der Waals surface area contributed by atoms with Crippen LogP contribution >= 0.6 is 0 Å². The highest BCUT2D eigenvalue weighted by molar-refractivity contribution is 5.96. The second-order valence-corrected chi connectivity index (χ2v) is 5.18. The quantitative estimate of drug-likeness (QED) is 0.758. The minimum absolute atomic E-state index is 0.120. The maximum Gasteiger partial charge on any atom is 0.305 e. The van der Waals surface area contributed by atoms with E-state index in [2.05, 4.69) is 10.3 Å². The first-order valence-electron chi connectivity index (χ1n) is 6.84. The molecule has 1 aromatic rings. The lowest BCUT2D eigenvalue weighted by atomic mass is 9.88. The van der Waals surface area contributed by atoms with Crippen LogP contribution in [0.5, 0.6) is 0 Å². The average Bonchev–Trinajstić information content (AvgIpc) is 2.87. The molecule has 2 rings (SSSR count). The molecule has 6 nitrogen and oxygen atoms in total. The van der Waals surface area contributed by atoms with Crippen molar-refractivity contribution in [2.75, 3.05) is 13.2 Å². The van der Waals surface area contributed by atoms with Crippen molar-refractivity contribution >= 4 is 11.9 Å². The largest absolute Gasteiger partial charge is 0.481 e. The number of nitrogens with one attached hydrogen (secondary N) is 2. The molecule has 110 valence electrons. The van der Waals surface area contributed by atoms with Gasteiger partial charge in [0.05, 0.1) is 24.1 Å². The zero-order chi connectivity index (χ0) is 14.6. The van der Waals surface area contributed by atoms with Crippen molar-refractivity contribution in [2.45, 2.75) is 38.1 Å². The number of H-pyrrole nitrogens is 1. The monoisotopic (exact) mass is 280 g/mol. The van der Waals surface area contributed by atoms with Gasteiger partial charge < -0.3 is 20.1 Å². The van der Waals surface area contributed by atoms with Gasteiger partial charge in [0, 0.05) is 18.5 Å². The summed E-state index contributed by atoms with van der Waals surface area (Å²) in [5.74, 6) is -1.17. The van der Waals surface area contributed by atoms with Crippen molar-refractivity contribution in [1.82, 2.24) is 10.3 Å². The van der Waals surface area contributed by atoms with E-state index >= 15 is 0 Å². The Morgan fingerprint density at radius 1 is 1.55 bits per heavy atom. The average molecular weight is 280 g/mol. The molecule has 1 fully saturated rings. The Hall–Kier alpha value is -1.82. The van der Waals surface area contributed by atoms with Crippen LogP contribution in [0, 0.1) is 0 Å². The fourth-order valence-electron chi connectivity index (χ4n) is 2.64. The van der Waals surface area contributed by atoms with Gasteiger partial charge in [-0.15, -0.1) is 0 Å². The normalized spacial score (nSPS) is 22.4. The van der Waals surface area contributed by atoms with Crippen LogP contribution in [0.4, 0.5) is 0 Å². The molecular formula is C14H20N2O4. The third kappa shape index (κ3) is 3.19. The number of aromatic nitrogens is 1. The molecule has 1 unspecified atom stereocenters. The van der Waals surface area contributed by atoms with E-state index < -0.39 is 11.5 Å². The van der Waals surface area contributed by atoms with Crippen LogP contribution < -0.4 is 5.32 Å². The van der Waals surface area contributed by atoms with Crippen LogP contribution in [0.1, 0.15) is 42.2 Å². The van der Waals surface area contributed by atoms with Crippen LogP contribution in [0.25, 0.3) is 0 Å². The number of carbonyl (C=O) groups is 2. The number of carboxylic acids is 1. The van der Waals surface area contributed by atoms with Crippen molar-refractivity contribution in [3.05, 3.63) is 23.5 Å². The number of carboxylic acid groups (broad SMARTS) is 1. The number of hydrogen-bond donors (Lipinski definition) is 3. The summed E-state index contributed by atoms with van der Waals surface area (Å²) in [4.78, 5) is 26.4. The van der Waals surface area contributed by atoms with Crippen LogP contribution in [0.2, 0.25) is 0 Å². The third-order valence-electron chi connectivity index (χ3n) is 3.62. The topological polar surface area (TPSA) is 91.4 Å². The second kappa shape index (κ2) is 6.09. The van der Waals surface area contributed by atoms with Crippen molar-refractivity contribution in [2.24, 2.45) is 0 Å². The van der Waals surface area contributed by atoms with E-state index in [9.17, 15) is 9.59 Å². The van der Waals surface area contributed by atoms with Crippen molar-refractivity contribution in [3.63, 3.8) is 0 Å². The summed E-state index contributed by atoms with van der Waals surface area (Å²) < 4.78 is 5.38. The van der Waals surface area contributed by atoms with E-state index in [0.29, 0.717) is 18.6 Å². The lowest BCUT2D eigenvalue weighted by Gasteiger charge is -2.36. The van der Waals surface area contributed by atoms with Gasteiger partial charge in [0.2, 0.25) is 0 Å². The predicted octanol–water partition coefficient (Wildman–Crippen LogP) is 1.33. The minimum Gasteiger partial charge on any atom is -0.481 e. The Kier molecular flexibility index (Phi) is 4.44. The molecule has 3 N–H and O–H groups in total. The number of aromatic amines is 1. The molecule has 0 aromatic carbocycles. The molecule has 0 saturated carbocycles. The van der Waals surface area contributed by atoms with E-state index in [4.69, 9.17) is 9.84 Å². The first kappa shape index (κ1) is 14.6. The van der Waals surface area contributed by atoms with Gasteiger partial charge in [-0.3, -0.25) is 9.59 Å². The second-order valence-electron chi connectivity index (χ2n) is 5.18. The first-order valence-corrected chi connectivity index (χ1v) is 6.84. The fraction of sp³-hybridized carbons (Fsp3) is 0.571. The Bertz CT molecular complexity index is 489. The SMILES string of the molecule is CCc1[nH]ccc1C(=O)NC1(CC(=O)O)CCCOC1. The number of amides is 1. The van der Waals surface area contributed by atoms with Crippen molar-refractivity contribution in [1.29, 1.82) is 0 Å². The maximum absolute atomic E-state index is 12.4. The first-order chi connectivity index (χ1) is 9.56. The molecule has 1 aromatic heterocycles. The molecule has 1 amide bonds. The van der Waals surface area contributed by atoms with Gasteiger partial charge in [0.25, 0.3) is 5.91 Å². The molecule has 1 aliphatic rings. The molecule has 0 bridgehead atoms. The van der Waals surface area contributed by atoms with Gasteiger partial charge in [-0.2, -0.15) is 0 Å². The highest BCUT2D eigenvalue weighted by Gasteiger charge is 2.37. The predicted molar refractivity (Wildman–Crippen MR) is 72.7 cm³/mol. The highest BCUT2D eigenvalue weighted by Crippen LogP contribution is 2.24. The Balaban J connectivity index is 2.15. The van der Waals surface area contributed by atoms with Crippen LogP contribution in [-0.4, -0.2) is 40.7 Å². The summed E-state index contributed by atoms with van der Waals surface area (Å²) in [7, 11) is 0. The van der Waals surface area contributed by atoms with Gasteiger partial charge in [0.15, 0.2) is 0 Å². The van der Waals surface area contributed by atoms with Crippen molar-refractivity contribution < 1.29 is 19.4 Å². The Morgan fingerprint density at radius 3 is 2.95 bits per heavy atom. The number of carbonyl (C=O) groups excluding carboxylic acids is 1. The van der Waals surface area contributed by atoms with E-state index in [0.717, 1.165) is 18.5 Å². The number of ether oxygens (including phenoxy) is 1. The Labute approximate surface area is 117 Å². The number of aliphatic carboxylic acids is 1. The Morgan fingerprint density at radius 2 is 2.35 bits per heavy atom. The van der Waals surface area contributed by atoms with Gasteiger partial charge >= 0.3 is 5.97 Å². The van der Waals surface area contributed by atoms with E-state index in [1.54, 1.807) is 12.3 Å². The lowest BCUT2D eigenvalue weighted by molar-refractivity contribution is -0.140. The summed E-state index contributed by atoms with van der Waals surface area (Å²) in [5.41, 5.74) is 0.622.